The van der Waals surface area contributed by atoms with Gasteiger partial charge in [-0.05, 0) is 26.3 Å². The molecule has 3 nitrogen and oxygen atoms in total. The first-order valence-electron chi connectivity index (χ1n) is 6.14. The van der Waals surface area contributed by atoms with Crippen LogP contribution >= 0.6 is 0 Å². The Hall–Kier alpha value is -0.900. The lowest BCUT2D eigenvalue weighted by atomic mass is 10.1. The molecule has 0 aromatic heterocycles. The van der Waals surface area contributed by atoms with Crippen molar-refractivity contribution in [2.24, 2.45) is 0 Å². The van der Waals surface area contributed by atoms with E-state index in [4.69, 9.17) is 5.11 Å². The van der Waals surface area contributed by atoms with Crippen molar-refractivity contribution in [1.82, 2.24) is 4.90 Å². The average Bonchev–Trinajstić information content (AvgIpc) is 2.29. The van der Waals surface area contributed by atoms with Crippen LogP contribution in [-0.4, -0.2) is 40.9 Å². The Morgan fingerprint density at radius 1 is 1.18 bits per heavy atom. The molecule has 0 saturated heterocycles. The molecular weight excluding hydrogens is 214 g/mol. The summed E-state index contributed by atoms with van der Waals surface area (Å²) in [7, 11) is 0. The number of aliphatic hydroxyl groups is 2. The summed E-state index contributed by atoms with van der Waals surface area (Å²) >= 11 is 0. The van der Waals surface area contributed by atoms with E-state index in [0.717, 1.165) is 5.56 Å². The molecule has 0 spiro atoms. The van der Waals surface area contributed by atoms with Crippen LogP contribution in [-0.2, 0) is 0 Å². The minimum atomic E-state index is -0.496. The van der Waals surface area contributed by atoms with Gasteiger partial charge in [-0.15, -0.1) is 0 Å². The lowest BCUT2D eigenvalue weighted by Crippen LogP contribution is -2.36. The van der Waals surface area contributed by atoms with Gasteiger partial charge < -0.3 is 10.2 Å². The number of aryl methyl sites for hydroxylation is 1. The molecule has 0 radical (unpaired) electrons. The van der Waals surface area contributed by atoms with Crippen LogP contribution < -0.4 is 0 Å². The van der Waals surface area contributed by atoms with Crippen molar-refractivity contribution in [2.75, 3.05) is 19.7 Å². The first kappa shape index (κ1) is 14.2. The van der Waals surface area contributed by atoms with Crippen molar-refractivity contribution in [1.29, 1.82) is 0 Å². The number of rotatable bonds is 6. The molecule has 0 amide bonds. The van der Waals surface area contributed by atoms with Gasteiger partial charge in [-0.2, -0.15) is 0 Å². The van der Waals surface area contributed by atoms with Crippen molar-refractivity contribution in [2.45, 2.75) is 32.9 Å². The van der Waals surface area contributed by atoms with Gasteiger partial charge in [-0.3, -0.25) is 4.90 Å². The molecule has 3 heteroatoms. The molecular formula is C14H23NO2. The highest BCUT2D eigenvalue weighted by Crippen LogP contribution is 2.16. The Morgan fingerprint density at radius 2 is 1.76 bits per heavy atom. The summed E-state index contributed by atoms with van der Waals surface area (Å²) in [5, 5.41) is 19.1. The molecule has 0 aliphatic carbocycles. The Balaban J connectivity index is 2.63. The number of hydrogen-bond acceptors (Lipinski definition) is 3. The smallest absolute Gasteiger partial charge is 0.0917 e. The van der Waals surface area contributed by atoms with Crippen LogP contribution in [0.3, 0.4) is 0 Å². The van der Waals surface area contributed by atoms with Gasteiger partial charge in [-0.25, -0.2) is 0 Å². The van der Waals surface area contributed by atoms with E-state index in [1.807, 2.05) is 31.2 Å². The quantitative estimate of drug-likeness (QED) is 0.792. The molecule has 2 N–H and O–H groups in total. The summed E-state index contributed by atoms with van der Waals surface area (Å²) in [5.41, 5.74) is 2.12. The van der Waals surface area contributed by atoms with Gasteiger partial charge in [0.15, 0.2) is 0 Å². The van der Waals surface area contributed by atoms with Crippen molar-refractivity contribution >= 4 is 0 Å². The highest BCUT2D eigenvalue weighted by molar-refractivity contribution is 5.23. The van der Waals surface area contributed by atoms with Crippen molar-refractivity contribution in [3.63, 3.8) is 0 Å². The molecule has 1 rings (SSSR count). The van der Waals surface area contributed by atoms with Crippen molar-refractivity contribution < 1.29 is 10.2 Å². The van der Waals surface area contributed by atoms with Crippen LogP contribution in [0.15, 0.2) is 24.3 Å². The van der Waals surface area contributed by atoms with Crippen LogP contribution in [0.2, 0.25) is 0 Å². The topological polar surface area (TPSA) is 43.7 Å². The molecule has 0 aliphatic rings. The molecule has 0 fully saturated rings. The molecule has 17 heavy (non-hydrogen) atoms. The maximum Gasteiger partial charge on any atom is 0.0917 e. The second-order valence-electron chi connectivity index (χ2n) is 4.74. The zero-order valence-electron chi connectivity index (χ0n) is 10.9. The normalized spacial score (nSPS) is 13.4. The Labute approximate surface area is 104 Å². The number of benzene rings is 1. The third-order valence-corrected chi connectivity index (χ3v) is 2.99. The zero-order valence-corrected chi connectivity index (χ0v) is 10.9. The van der Waals surface area contributed by atoms with Gasteiger partial charge in [0.1, 0.15) is 0 Å². The lowest BCUT2D eigenvalue weighted by molar-refractivity contribution is 0.0820. The third-order valence-electron chi connectivity index (χ3n) is 2.99. The van der Waals surface area contributed by atoms with E-state index in [9.17, 15) is 5.11 Å². The Kier molecular flexibility index (Phi) is 5.62. The highest BCUT2D eigenvalue weighted by Gasteiger charge is 2.15. The molecule has 1 atom stereocenters. The van der Waals surface area contributed by atoms with Crippen LogP contribution in [0.5, 0.6) is 0 Å². The van der Waals surface area contributed by atoms with Crippen molar-refractivity contribution in [3.8, 4) is 0 Å². The van der Waals surface area contributed by atoms with E-state index in [0.29, 0.717) is 19.1 Å². The van der Waals surface area contributed by atoms with E-state index < -0.39 is 6.10 Å². The average molecular weight is 237 g/mol. The molecule has 1 aromatic rings. The summed E-state index contributed by atoms with van der Waals surface area (Å²) in [6.07, 6.45) is -0.496. The third kappa shape index (κ3) is 4.46. The van der Waals surface area contributed by atoms with Gasteiger partial charge in [-0.1, -0.05) is 29.8 Å². The molecule has 0 bridgehead atoms. The minimum Gasteiger partial charge on any atom is -0.395 e. The van der Waals surface area contributed by atoms with Gasteiger partial charge in [0, 0.05) is 19.1 Å². The number of aliphatic hydroxyl groups excluding tert-OH is 2. The Bertz CT molecular complexity index is 321. The van der Waals surface area contributed by atoms with Gasteiger partial charge in [0.05, 0.1) is 12.7 Å². The summed E-state index contributed by atoms with van der Waals surface area (Å²) in [4.78, 5) is 2.07. The van der Waals surface area contributed by atoms with Crippen LogP contribution in [0.25, 0.3) is 0 Å². The maximum absolute atomic E-state index is 10.1. The molecule has 0 aliphatic heterocycles. The summed E-state index contributed by atoms with van der Waals surface area (Å²) in [5.74, 6) is 0. The highest BCUT2D eigenvalue weighted by atomic mass is 16.3. The van der Waals surface area contributed by atoms with E-state index in [1.54, 1.807) is 0 Å². The summed E-state index contributed by atoms with van der Waals surface area (Å²) in [6.45, 7) is 7.44. The van der Waals surface area contributed by atoms with Crippen molar-refractivity contribution in [3.05, 3.63) is 35.4 Å². The van der Waals surface area contributed by atoms with E-state index in [1.165, 1.54) is 5.56 Å². The second-order valence-corrected chi connectivity index (χ2v) is 4.74. The molecule has 0 saturated carbocycles. The van der Waals surface area contributed by atoms with Crippen LogP contribution in [0.1, 0.15) is 31.1 Å². The molecule has 0 heterocycles. The van der Waals surface area contributed by atoms with Gasteiger partial charge in [0.25, 0.3) is 0 Å². The van der Waals surface area contributed by atoms with E-state index >= 15 is 0 Å². The largest absolute Gasteiger partial charge is 0.395 e. The summed E-state index contributed by atoms with van der Waals surface area (Å²) < 4.78 is 0. The maximum atomic E-state index is 10.1. The van der Waals surface area contributed by atoms with E-state index in [-0.39, 0.29) is 6.61 Å². The van der Waals surface area contributed by atoms with Gasteiger partial charge in [0.2, 0.25) is 0 Å². The fraction of sp³-hybridized carbons (Fsp3) is 0.571. The number of hydrogen-bond donors (Lipinski definition) is 2. The number of nitrogens with zero attached hydrogens (tertiary/aromatic N) is 1. The van der Waals surface area contributed by atoms with Crippen LogP contribution in [0.4, 0.5) is 0 Å². The molecule has 96 valence electrons. The van der Waals surface area contributed by atoms with Crippen LogP contribution in [0, 0.1) is 6.92 Å². The standard InChI is InChI=1S/C14H23NO2/c1-11(2)15(8-9-16)10-14(17)13-6-4-12(3)5-7-13/h4-7,11,14,16-17H,8-10H2,1-3H3. The summed E-state index contributed by atoms with van der Waals surface area (Å²) in [6, 6.07) is 8.24. The second kappa shape index (κ2) is 6.74. The minimum absolute atomic E-state index is 0.124. The van der Waals surface area contributed by atoms with E-state index in [2.05, 4.69) is 18.7 Å². The lowest BCUT2D eigenvalue weighted by Gasteiger charge is -2.28. The predicted octanol–water partition coefficient (Wildman–Crippen LogP) is 1.73. The Morgan fingerprint density at radius 3 is 2.24 bits per heavy atom. The first-order valence-corrected chi connectivity index (χ1v) is 6.14. The SMILES string of the molecule is Cc1ccc(C(O)CN(CCO)C(C)C)cc1. The monoisotopic (exact) mass is 237 g/mol. The molecule has 1 aromatic carbocycles. The molecule has 1 unspecified atom stereocenters. The fourth-order valence-corrected chi connectivity index (χ4v) is 1.80. The fourth-order valence-electron chi connectivity index (χ4n) is 1.80. The zero-order chi connectivity index (χ0) is 12.8. The van der Waals surface area contributed by atoms with Gasteiger partial charge >= 0.3 is 0 Å². The predicted molar refractivity (Wildman–Crippen MR) is 69.9 cm³/mol. The first-order chi connectivity index (χ1) is 8.04.